The van der Waals surface area contributed by atoms with E-state index in [1.807, 2.05) is 6.07 Å². The molecule has 0 N–H and O–H groups in total. The highest BCUT2D eigenvalue weighted by Crippen LogP contribution is 2.30. The second-order valence-electron chi connectivity index (χ2n) is 5.13. The Balaban J connectivity index is 1.75. The number of rotatable bonds is 3. The molecule has 0 spiro atoms. The van der Waals surface area contributed by atoms with Crippen molar-refractivity contribution in [2.45, 2.75) is 19.2 Å². The van der Waals surface area contributed by atoms with E-state index >= 15 is 0 Å². The fourth-order valence-electron chi connectivity index (χ4n) is 2.44. The highest BCUT2D eigenvalue weighted by Gasteiger charge is 2.31. The predicted molar refractivity (Wildman–Crippen MR) is 79.8 cm³/mol. The highest BCUT2D eigenvalue weighted by molar-refractivity contribution is 6.04. The predicted octanol–water partition coefficient (Wildman–Crippen LogP) is 4.19. The van der Waals surface area contributed by atoms with E-state index in [1.54, 1.807) is 30.3 Å². The maximum Gasteiger partial charge on any atom is 0.573 e. The number of halogens is 3. The summed E-state index contributed by atoms with van der Waals surface area (Å²) in [6.45, 7) is 0. The summed E-state index contributed by atoms with van der Waals surface area (Å²) in [5, 5.41) is 12.8. The van der Waals surface area contributed by atoms with Crippen LogP contribution in [0.15, 0.2) is 47.6 Å². The zero-order valence-electron chi connectivity index (χ0n) is 12.3. The van der Waals surface area contributed by atoms with Gasteiger partial charge in [0.05, 0.1) is 17.3 Å². The molecule has 3 rings (SSSR count). The Hall–Kier alpha value is -3.01. The van der Waals surface area contributed by atoms with Crippen molar-refractivity contribution >= 4 is 5.71 Å². The summed E-state index contributed by atoms with van der Waals surface area (Å²) >= 11 is 0. The van der Waals surface area contributed by atoms with Crippen molar-refractivity contribution in [1.82, 2.24) is 0 Å². The molecule has 24 heavy (non-hydrogen) atoms. The summed E-state index contributed by atoms with van der Waals surface area (Å²) < 4.78 is 40.7. The van der Waals surface area contributed by atoms with Gasteiger partial charge in [-0.1, -0.05) is 5.16 Å². The van der Waals surface area contributed by atoms with E-state index in [4.69, 9.17) is 10.1 Å². The van der Waals surface area contributed by atoms with Gasteiger partial charge in [0.15, 0.2) is 5.75 Å². The molecule has 0 atom stereocenters. The number of hydrogen-bond donors (Lipinski definition) is 0. The normalized spacial score (nSPS) is 15.0. The van der Waals surface area contributed by atoms with Crippen LogP contribution in [0.2, 0.25) is 0 Å². The second kappa shape index (κ2) is 6.24. The number of aryl methyl sites for hydroxylation is 1. The molecule has 0 saturated carbocycles. The molecule has 0 bridgehead atoms. The number of oxime groups is 1. The third-order valence-electron chi connectivity index (χ3n) is 3.50. The molecular formula is C17H11F3N2O2. The number of nitrogens with zero attached hydrogens (tertiary/aromatic N) is 2. The third kappa shape index (κ3) is 3.66. The van der Waals surface area contributed by atoms with E-state index in [2.05, 4.69) is 9.89 Å². The molecule has 1 aliphatic rings. The monoisotopic (exact) mass is 332 g/mol. The van der Waals surface area contributed by atoms with E-state index < -0.39 is 6.36 Å². The molecule has 2 aromatic carbocycles. The van der Waals surface area contributed by atoms with E-state index in [-0.39, 0.29) is 5.75 Å². The van der Waals surface area contributed by atoms with Crippen molar-refractivity contribution in [3.05, 3.63) is 59.2 Å². The Bertz CT molecular complexity index is 821. The Morgan fingerprint density at radius 1 is 1.00 bits per heavy atom. The highest BCUT2D eigenvalue weighted by atomic mass is 19.4. The maximum absolute atomic E-state index is 12.2. The van der Waals surface area contributed by atoms with Crippen LogP contribution in [0, 0.1) is 11.3 Å². The van der Waals surface area contributed by atoms with Gasteiger partial charge in [-0.3, -0.25) is 0 Å². The van der Waals surface area contributed by atoms with Crippen molar-refractivity contribution in [3.63, 3.8) is 0 Å². The first-order valence-corrected chi connectivity index (χ1v) is 7.08. The van der Waals surface area contributed by atoms with Crippen LogP contribution in [0.3, 0.4) is 0 Å². The van der Waals surface area contributed by atoms with Crippen molar-refractivity contribution in [2.24, 2.45) is 5.16 Å². The molecule has 0 unspecified atom stereocenters. The van der Waals surface area contributed by atoms with E-state index in [1.165, 1.54) is 12.1 Å². The van der Waals surface area contributed by atoms with Crippen LogP contribution in [0.5, 0.6) is 11.5 Å². The zero-order valence-corrected chi connectivity index (χ0v) is 12.3. The average Bonchev–Trinajstić information content (AvgIpc) is 2.94. The molecule has 0 radical (unpaired) electrons. The summed E-state index contributed by atoms with van der Waals surface area (Å²) in [6, 6.07) is 12.6. The average molecular weight is 332 g/mol. The van der Waals surface area contributed by atoms with Gasteiger partial charge in [-0.05, 0) is 60.9 Å². The van der Waals surface area contributed by atoms with Crippen molar-refractivity contribution in [2.75, 3.05) is 0 Å². The van der Waals surface area contributed by atoms with Gasteiger partial charge in [-0.2, -0.15) is 5.26 Å². The van der Waals surface area contributed by atoms with Crippen molar-refractivity contribution in [1.29, 1.82) is 5.26 Å². The van der Waals surface area contributed by atoms with E-state index in [9.17, 15) is 13.2 Å². The van der Waals surface area contributed by atoms with Crippen LogP contribution in [-0.2, 0) is 6.42 Å². The lowest BCUT2D eigenvalue weighted by Gasteiger charge is -2.10. The van der Waals surface area contributed by atoms with Gasteiger partial charge in [-0.25, -0.2) is 0 Å². The molecule has 0 fully saturated rings. The van der Waals surface area contributed by atoms with Gasteiger partial charge in [0.2, 0.25) is 0 Å². The summed E-state index contributed by atoms with van der Waals surface area (Å²) in [6.07, 6.45) is -3.57. The quantitative estimate of drug-likeness (QED) is 0.792. The first-order valence-electron chi connectivity index (χ1n) is 7.08. The summed E-state index contributed by atoms with van der Waals surface area (Å²) in [5.74, 6) is 0.238. The lowest BCUT2D eigenvalue weighted by molar-refractivity contribution is -0.274. The number of alkyl halides is 3. The minimum absolute atomic E-state index is 0.240. The summed E-state index contributed by atoms with van der Waals surface area (Å²) in [7, 11) is 0. The molecule has 122 valence electrons. The van der Waals surface area contributed by atoms with Gasteiger partial charge in [0.1, 0.15) is 5.75 Å². The zero-order chi connectivity index (χ0) is 17.2. The van der Waals surface area contributed by atoms with Crippen LogP contribution < -0.4 is 9.57 Å². The van der Waals surface area contributed by atoms with Gasteiger partial charge >= 0.3 is 6.36 Å². The maximum atomic E-state index is 12.2. The lowest BCUT2D eigenvalue weighted by Crippen LogP contribution is -2.17. The molecule has 0 amide bonds. The molecular weight excluding hydrogens is 321 g/mol. The van der Waals surface area contributed by atoms with E-state index in [0.29, 0.717) is 29.9 Å². The van der Waals surface area contributed by atoms with Crippen LogP contribution >= 0.6 is 0 Å². The fraction of sp³-hybridized carbons (Fsp3) is 0.176. The van der Waals surface area contributed by atoms with E-state index in [0.717, 1.165) is 11.1 Å². The number of benzene rings is 2. The van der Waals surface area contributed by atoms with Gasteiger partial charge < -0.3 is 9.57 Å². The Morgan fingerprint density at radius 2 is 1.71 bits per heavy atom. The number of hydrogen-bond acceptors (Lipinski definition) is 4. The summed E-state index contributed by atoms with van der Waals surface area (Å²) in [5.41, 5.74) is 2.66. The molecule has 1 aliphatic carbocycles. The molecule has 0 aliphatic heterocycles. The van der Waals surface area contributed by atoms with Crippen LogP contribution in [0.25, 0.3) is 0 Å². The number of nitriles is 1. The molecule has 4 nitrogen and oxygen atoms in total. The largest absolute Gasteiger partial charge is 0.573 e. The molecule has 7 heteroatoms. The molecule has 0 aromatic heterocycles. The third-order valence-corrected chi connectivity index (χ3v) is 3.50. The topological polar surface area (TPSA) is 54.6 Å². The molecule has 0 heterocycles. The van der Waals surface area contributed by atoms with Crippen LogP contribution in [0.4, 0.5) is 13.2 Å². The van der Waals surface area contributed by atoms with Gasteiger partial charge in [-0.15, -0.1) is 13.2 Å². The minimum atomic E-state index is -4.71. The summed E-state index contributed by atoms with van der Waals surface area (Å²) in [4.78, 5) is 5.32. The van der Waals surface area contributed by atoms with Crippen LogP contribution in [-0.4, -0.2) is 12.1 Å². The van der Waals surface area contributed by atoms with Gasteiger partial charge in [0.25, 0.3) is 0 Å². The smallest absolute Gasteiger partial charge is 0.406 e. The van der Waals surface area contributed by atoms with Crippen molar-refractivity contribution in [3.8, 4) is 17.6 Å². The minimum Gasteiger partial charge on any atom is -0.406 e. The SMILES string of the molecule is N#Cc1ccc(ON=C2CCc3cc(OC(F)(F)F)ccc32)cc1. The standard InChI is InChI=1S/C17H11F3N2O2/c18-17(19,20)23-14-6-7-15-12(9-14)3-8-16(15)22-24-13-4-1-11(10-21)2-5-13/h1-2,4-7,9H,3,8H2. The first-order chi connectivity index (χ1) is 11.4. The lowest BCUT2D eigenvalue weighted by atomic mass is 10.1. The second-order valence-corrected chi connectivity index (χ2v) is 5.13. The molecule has 2 aromatic rings. The van der Waals surface area contributed by atoms with Gasteiger partial charge in [0, 0.05) is 5.56 Å². The first kappa shape index (κ1) is 15.9. The van der Waals surface area contributed by atoms with Crippen molar-refractivity contribution < 1.29 is 22.7 Å². The Morgan fingerprint density at radius 3 is 2.38 bits per heavy atom. The number of ether oxygens (including phenoxy) is 1. The molecule has 0 saturated heterocycles. The Labute approximate surface area is 135 Å². The number of fused-ring (bicyclic) bond motifs is 1. The Kier molecular flexibility index (Phi) is 4.13. The fourth-order valence-corrected chi connectivity index (χ4v) is 2.44. The van der Waals surface area contributed by atoms with Crippen LogP contribution in [0.1, 0.15) is 23.1 Å².